The van der Waals surface area contributed by atoms with Gasteiger partial charge in [-0.2, -0.15) is 0 Å². The predicted molar refractivity (Wildman–Crippen MR) is 60.7 cm³/mol. The molecule has 0 bridgehead atoms. The van der Waals surface area contributed by atoms with E-state index in [0.29, 0.717) is 12.0 Å². The summed E-state index contributed by atoms with van der Waals surface area (Å²) in [4.78, 5) is 8.19. The Hall–Kier alpha value is -1.84. The molecule has 17 heavy (non-hydrogen) atoms. The Balaban J connectivity index is 2.35. The lowest BCUT2D eigenvalue weighted by Crippen LogP contribution is -2.01. The zero-order chi connectivity index (χ0) is 12.4. The number of benzene rings is 1. The fourth-order valence-corrected chi connectivity index (χ4v) is 1.73. The Bertz CT molecular complexity index is 533. The summed E-state index contributed by atoms with van der Waals surface area (Å²) in [5, 5.41) is 0. The van der Waals surface area contributed by atoms with Gasteiger partial charge in [0.05, 0.1) is 0 Å². The van der Waals surface area contributed by atoms with E-state index in [9.17, 15) is 8.78 Å². The average molecular weight is 234 g/mol. The van der Waals surface area contributed by atoms with Crippen LogP contribution in [0.3, 0.4) is 0 Å². The molecule has 0 atom stereocenters. The van der Waals surface area contributed by atoms with Crippen molar-refractivity contribution < 1.29 is 8.78 Å². The second-order valence-corrected chi connectivity index (χ2v) is 3.95. The summed E-state index contributed by atoms with van der Waals surface area (Å²) in [7, 11) is 0. The predicted octanol–water partition coefficient (Wildman–Crippen LogP) is 2.96. The summed E-state index contributed by atoms with van der Waals surface area (Å²) >= 11 is 0. The van der Waals surface area contributed by atoms with E-state index in [-0.39, 0.29) is 0 Å². The van der Waals surface area contributed by atoms with Gasteiger partial charge in [-0.15, -0.1) is 0 Å². The van der Waals surface area contributed by atoms with Gasteiger partial charge in [-0.1, -0.05) is 6.07 Å². The second-order valence-electron chi connectivity index (χ2n) is 3.95. The van der Waals surface area contributed by atoms with Gasteiger partial charge in [0.15, 0.2) is 11.6 Å². The largest absolute Gasteiger partial charge is 0.241 e. The van der Waals surface area contributed by atoms with Crippen molar-refractivity contribution in [3.8, 4) is 0 Å². The lowest BCUT2D eigenvalue weighted by Gasteiger charge is -2.08. The van der Waals surface area contributed by atoms with E-state index in [0.717, 1.165) is 23.0 Å². The van der Waals surface area contributed by atoms with Crippen molar-refractivity contribution in [2.75, 3.05) is 0 Å². The molecule has 2 aromatic rings. The van der Waals surface area contributed by atoms with Gasteiger partial charge in [0.1, 0.15) is 6.33 Å². The van der Waals surface area contributed by atoms with Gasteiger partial charge in [0, 0.05) is 17.8 Å². The molecule has 88 valence electrons. The Labute approximate surface area is 98.4 Å². The smallest absolute Gasteiger partial charge is 0.159 e. The standard InChI is InChI=1S/C13H12F2N2/c1-8-11(9(2)17-7-16-8)5-10-3-4-12(14)13(15)6-10/h3-4,6-7H,5H2,1-2H3. The molecule has 0 unspecified atom stereocenters. The summed E-state index contributed by atoms with van der Waals surface area (Å²) in [6.45, 7) is 3.76. The Morgan fingerprint density at radius 3 is 2.24 bits per heavy atom. The molecule has 0 N–H and O–H groups in total. The number of nitrogens with zero attached hydrogens (tertiary/aromatic N) is 2. The molecule has 0 fully saturated rings. The molecular weight excluding hydrogens is 222 g/mol. The first kappa shape index (κ1) is 11.6. The molecule has 0 aliphatic rings. The van der Waals surface area contributed by atoms with Crippen LogP contribution in [0.5, 0.6) is 0 Å². The maximum Gasteiger partial charge on any atom is 0.159 e. The molecule has 0 aliphatic carbocycles. The van der Waals surface area contributed by atoms with Crippen molar-refractivity contribution in [2.24, 2.45) is 0 Å². The summed E-state index contributed by atoms with van der Waals surface area (Å²) < 4.78 is 25.9. The molecule has 1 heterocycles. The Kier molecular flexibility index (Phi) is 3.13. The van der Waals surface area contributed by atoms with Crippen LogP contribution in [0.2, 0.25) is 0 Å². The summed E-state index contributed by atoms with van der Waals surface area (Å²) in [5.74, 6) is -1.65. The molecule has 0 aliphatic heterocycles. The van der Waals surface area contributed by atoms with Crippen molar-refractivity contribution >= 4 is 0 Å². The molecule has 1 aromatic heterocycles. The van der Waals surface area contributed by atoms with E-state index >= 15 is 0 Å². The van der Waals surface area contributed by atoms with Crippen LogP contribution < -0.4 is 0 Å². The van der Waals surface area contributed by atoms with Crippen LogP contribution in [-0.4, -0.2) is 9.97 Å². The first-order chi connectivity index (χ1) is 8.08. The highest BCUT2D eigenvalue weighted by Gasteiger charge is 2.08. The van der Waals surface area contributed by atoms with Gasteiger partial charge in [0.25, 0.3) is 0 Å². The number of hydrogen-bond acceptors (Lipinski definition) is 2. The SMILES string of the molecule is Cc1ncnc(C)c1Cc1ccc(F)c(F)c1. The lowest BCUT2D eigenvalue weighted by molar-refractivity contribution is 0.507. The number of aromatic nitrogens is 2. The normalized spacial score (nSPS) is 10.6. The van der Waals surface area contributed by atoms with Crippen LogP contribution >= 0.6 is 0 Å². The summed E-state index contributed by atoms with van der Waals surface area (Å²) in [6.07, 6.45) is 2.01. The molecule has 4 heteroatoms. The fourth-order valence-electron chi connectivity index (χ4n) is 1.73. The minimum absolute atomic E-state index is 0.510. The van der Waals surface area contributed by atoms with E-state index in [2.05, 4.69) is 9.97 Å². The third-order valence-electron chi connectivity index (χ3n) is 2.74. The Morgan fingerprint density at radius 1 is 1.00 bits per heavy atom. The molecule has 0 amide bonds. The second kappa shape index (κ2) is 4.57. The molecule has 0 saturated heterocycles. The number of halogens is 2. The highest BCUT2D eigenvalue weighted by Crippen LogP contribution is 2.16. The van der Waals surface area contributed by atoms with Crippen molar-refractivity contribution in [3.05, 3.63) is 58.7 Å². The van der Waals surface area contributed by atoms with Crippen molar-refractivity contribution in [3.63, 3.8) is 0 Å². The number of aryl methyl sites for hydroxylation is 2. The highest BCUT2D eigenvalue weighted by molar-refractivity contribution is 5.31. The monoisotopic (exact) mass is 234 g/mol. The minimum atomic E-state index is -0.827. The topological polar surface area (TPSA) is 25.8 Å². The van der Waals surface area contributed by atoms with Gasteiger partial charge in [-0.05, 0) is 37.1 Å². The Morgan fingerprint density at radius 2 is 1.65 bits per heavy atom. The van der Waals surface area contributed by atoms with E-state index in [4.69, 9.17) is 0 Å². The molecule has 0 saturated carbocycles. The van der Waals surface area contributed by atoms with Crippen molar-refractivity contribution in [2.45, 2.75) is 20.3 Å². The van der Waals surface area contributed by atoms with Crippen LogP contribution in [0, 0.1) is 25.5 Å². The quantitative estimate of drug-likeness (QED) is 0.798. The van der Waals surface area contributed by atoms with Gasteiger partial charge in [0.2, 0.25) is 0 Å². The summed E-state index contributed by atoms with van der Waals surface area (Å²) in [6, 6.07) is 3.92. The van der Waals surface area contributed by atoms with Gasteiger partial charge >= 0.3 is 0 Å². The number of rotatable bonds is 2. The molecule has 1 aromatic carbocycles. The van der Waals surface area contributed by atoms with Gasteiger partial charge in [-0.25, -0.2) is 18.7 Å². The first-order valence-electron chi connectivity index (χ1n) is 5.29. The fraction of sp³-hybridized carbons (Fsp3) is 0.231. The van der Waals surface area contributed by atoms with Crippen LogP contribution in [0.1, 0.15) is 22.5 Å². The molecule has 0 spiro atoms. The molecule has 2 rings (SSSR count). The molecular formula is C13H12F2N2. The zero-order valence-corrected chi connectivity index (χ0v) is 9.67. The van der Waals surface area contributed by atoms with E-state index < -0.39 is 11.6 Å². The van der Waals surface area contributed by atoms with Crippen LogP contribution in [0.15, 0.2) is 24.5 Å². The third kappa shape index (κ3) is 2.46. The van der Waals surface area contributed by atoms with Gasteiger partial charge < -0.3 is 0 Å². The summed E-state index contributed by atoms with van der Waals surface area (Å²) in [5.41, 5.74) is 3.40. The maximum atomic E-state index is 13.1. The van der Waals surface area contributed by atoms with E-state index in [1.807, 2.05) is 13.8 Å². The van der Waals surface area contributed by atoms with Crippen LogP contribution in [0.25, 0.3) is 0 Å². The zero-order valence-electron chi connectivity index (χ0n) is 9.67. The van der Waals surface area contributed by atoms with Crippen molar-refractivity contribution in [1.82, 2.24) is 9.97 Å². The van der Waals surface area contributed by atoms with E-state index in [1.165, 1.54) is 12.4 Å². The maximum absolute atomic E-state index is 13.1. The first-order valence-corrected chi connectivity index (χ1v) is 5.29. The van der Waals surface area contributed by atoms with Crippen LogP contribution in [0.4, 0.5) is 8.78 Å². The average Bonchev–Trinajstić information content (AvgIpc) is 2.28. The molecule has 0 radical (unpaired) electrons. The third-order valence-corrected chi connectivity index (χ3v) is 2.74. The lowest BCUT2D eigenvalue weighted by atomic mass is 10.0. The van der Waals surface area contributed by atoms with Gasteiger partial charge in [-0.3, -0.25) is 0 Å². The van der Waals surface area contributed by atoms with E-state index in [1.54, 1.807) is 6.07 Å². The van der Waals surface area contributed by atoms with Crippen molar-refractivity contribution in [1.29, 1.82) is 0 Å². The highest BCUT2D eigenvalue weighted by atomic mass is 19.2. The van der Waals surface area contributed by atoms with Crippen LogP contribution in [-0.2, 0) is 6.42 Å². The number of hydrogen-bond donors (Lipinski definition) is 0. The molecule has 2 nitrogen and oxygen atoms in total. The minimum Gasteiger partial charge on any atom is -0.241 e.